The highest BCUT2D eigenvalue weighted by Crippen LogP contribution is 2.35. The van der Waals surface area contributed by atoms with Crippen LogP contribution in [0.5, 0.6) is 11.5 Å². The molecule has 0 aromatic heterocycles. The van der Waals surface area contributed by atoms with E-state index in [0.29, 0.717) is 25.5 Å². The minimum absolute atomic E-state index is 0.446. The van der Waals surface area contributed by atoms with Gasteiger partial charge >= 0.3 is 5.97 Å². The predicted molar refractivity (Wildman–Crippen MR) is 82.5 cm³/mol. The van der Waals surface area contributed by atoms with Crippen LogP contribution in [0.3, 0.4) is 0 Å². The molecule has 1 atom stereocenters. The molecule has 1 unspecified atom stereocenters. The molecule has 0 amide bonds. The second-order valence-corrected chi connectivity index (χ2v) is 6.21. The Morgan fingerprint density at radius 2 is 2.10 bits per heavy atom. The number of hydrogen-bond acceptors (Lipinski definition) is 5. The fraction of sp³-hybridized carbons (Fsp3) is 0.533. The summed E-state index contributed by atoms with van der Waals surface area (Å²) in [6.45, 7) is 5.53. The van der Waals surface area contributed by atoms with Crippen molar-refractivity contribution in [1.29, 1.82) is 0 Å². The Kier molecular flexibility index (Phi) is 5.36. The molecule has 6 heteroatoms. The van der Waals surface area contributed by atoms with Crippen LogP contribution in [0.25, 0.3) is 0 Å². The number of rotatable bonds is 7. The van der Waals surface area contributed by atoms with Crippen LogP contribution < -0.4 is 14.8 Å². The lowest BCUT2D eigenvalue weighted by atomic mass is 10.1. The third-order valence-electron chi connectivity index (χ3n) is 3.28. The normalized spacial score (nSPS) is 16.3. The topological polar surface area (TPSA) is 67.8 Å². The molecule has 116 valence electrons. The average Bonchev–Trinajstić information content (AvgIpc) is 2.50. The second-order valence-electron chi connectivity index (χ2n) is 5.16. The highest BCUT2D eigenvalue weighted by atomic mass is 32.2. The third-order valence-corrected chi connectivity index (χ3v) is 4.59. The summed E-state index contributed by atoms with van der Waals surface area (Å²) in [5.74, 6) is 1.09. The maximum absolute atomic E-state index is 11.5. The van der Waals surface area contributed by atoms with Crippen LogP contribution in [-0.2, 0) is 4.79 Å². The first kappa shape index (κ1) is 16.0. The van der Waals surface area contributed by atoms with E-state index in [1.165, 1.54) is 11.8 Å². The zero-order valence-corrected chi connectivity index (χ0v) is 13.2. The van der Waals surface area contributed by atoms with Gasteiger partial charge in [0.25, 0.3) is 0 Å². The van der Waals surface area contributed by atoms with Crippen molar-refractivity contribution >= 4 is 17.7 Å². The van der Waals surface area contributed by atoms with Gasteiger partial charge in [0.2, 0.25) is 0 Å². The second kappa shape index (κ2) is 7.04. The summed E-state index contributed by atoms with van der Waals surface area (Å²) >= 11 is 1.50. The molecular formula is C15H21NO4S. The van der Waals surface area contributed by atoms with Crippen molar-refractivity contribution in [3.63, 3.8) is 0 Å². The van der Waals surface area contributed by atoms with E-state index < -0.39 is 11.5 Å². The van der Waals surface area contributed by atoms with Crippen LogP contribution in [0, 0.1) is 0 Å². The van der Waals surface area contributed by atoms with E-state index in [2.05, 4.69) is 5.32 Å². The van der Waals surface area contributed by atoms with E-state index in [-0.39, 0.29) is 0 Å². The number of carbonyl (C=O) groups is 1. The zero-order chi connectivity index (χ0) is 15.3. The molecule has 5 nitrogen and oxygen atoms in total. The summed E-state index contributed by atoms with van der Waals surface area (Å²) in [5, 5.41) is 12.5. The number of carboxylic acids is 1. The molecule has 0 saturated carbocycles. The van der Waals surface area contributed by atoms with Crippen LogP contribution in [0.15, 0.2) is 23.1 Å². The SMILES string of the molecule is CCCNC(C)(CSc1ccc2c(c1)OCCO2)C(=O)O. The van der Waals surface area contributed by atoms with Crippen molar-refractivity contribution < 1.29 is 19.4 Å². The predicted octanol–water partition coefficient (Wildman–Crippen LogP) is 2.39. The van der Waals surface area contributed by atoms with E-state index in [1.54, 1.807) is 6.92 Å². The van der Waals surface area contributed by atoms with Gasteiger partial charge in [0.05, 0.1) is 0 Å². The molecule has 1 aliphatic heterocycles. The lowest BCUT2D eigenvalue weighted by molar-refractivity contribution is -0.143. The van der Waals surface area contributed by atoms with Crippen molar-refractivity contribution in [2.45, 2.75) is 30.7 Å². The van der Waals surface area contributed by atoms with Gasteiger partial charge in [0.1, 0.15) is 18.8 Å². The van der Waals surface area contributed by atoms with Crippen LogP contribution in [0.4, 0.5) is 0 Å². The highest BCUT2D eigenvalue weighted by Gasteiger charge is 2.32. The fourth-order valence-electron chi connectivity index (χ4n) is 1.93. The van der Waals surface area contributed by atoms with E-state index in [1.807, 2.05) is 25.1 Å². The Labute approximate surface area is 129 Å². The lowest BCUT2D eigenvalue weighted by Gasteiger charge is -2.26. The number of aliphatic carboxylic acids is 1. The van der Waals surface area contributed by atoms with Crippen LogP contribution >= 0.6 is 11.8 Å². The molecule has 2 rings (SSSR count). The fourth-order valence-corrected chi connectivity index (χ4v) is 2.97. The maximum Gasteiger partial charge on any atom is 0.324 e. The van der Waals surface area contributed by atoms with E-state index in [0.717, 1.165) is 22.8 Å². The molecule has 1 aromatic rings. The highest BCUT2D eigenvalue weighted by molar-refractivity contribution is 7.99. The molecule has 2 N–H and O–H groups in total. The van der Waals surface area contributed by atoms with Crippen molar-refractivity contribution in [3.8, 4) is 11.5 Å². The Hall–Kier alpha value is -1.40. The molecular weight excluding hydrogens is 290 g/mol. The summed E-state index contributed by atoms with van der Waals surface area (Å²) in [6, 6.07) is 5.70. The van der Waals surface area contributed by atoms with Crippen LogP contribution in [0.2, 0.25) is 0 Å². The molecule has 0 spiro atoms. The zero-order valence-electron chi connectivity index (χ0n) is 12.3. The molecule has 0 aliphatic carbocycles. The van der Waals surface area contributed by atoms with Crippen LogP contribution in [-0.4, -0.2) is 42.1 Å². The van der Waals surface area contributed by atoms with Gasteiger partial charge in [-0.3, -0.25) is 4.79 Å². The number of nitrogens with one attached hydrogen (secondary N) is 1. The van der Waals surface area contributed by atoms with E-state index in [4.69, 9.17) is 9.47 Å². The standard InChI is InChI=1S/C15H21NO4S/c1-3-6-16-15(2,14(17)18)10-21-11-4-5-12-13(9-11)20-8-7-19-12/h4-5,9,16H,3,6-8,10H2,1-2H3,(H,17,18). The molecule has 0 saturated heterocycles. The van der Waals surface area contributed by atoms with Gasteiger partial charge in [0.15, 0.2) is 11.5 Å². The molecule has 0 fully saturated rings. The summed E-state index contributed by atoms with van der Waals surface area (Å²) in [4.78, 5) is 12.4. The average molecular weight is 311 g/mol. The Bertz CT molecular complexity index is 508. The molecule has 1 heterocycles. The minimum atomic E-state index is -0.937. The van der Waals surface area contributed by atoms with Crippen molar-refractivity contribution in [2.75, 3.05) is 25.5 Å². The first-order valence-electron chi connectivity index (χ1n) is 7.06. The smallest absolute Gasteiger partial charge is 0.324 e. The monoisotopic (exact) mass is 311 g/mol. The molecule has 1 aliphatic rings. The number of benzene rings is 1. The summed E-state index contributed by atoms with van der Waals surface area (Å²) in [6.07, 6.45) is 0.900. The third kappa shape index (κ3) is 4.04. The van der Waals surface area contributed by atoms with Crippen LogP contribution in [0.1, 0.15) is 20.3 Å². The van der Waals surface area contributed by atoms with Gasteiger partial charge in [-0.15, -0.1) is 11.8 Å². The number of thioether (sulfide) groups is 1. The summed E-state index contributed by atoms with van der Waals surface area (Å²) in [7, 11) is 0. The van der Waals surface area contributed by atoms with E-state index >= 15 is 0 Å². The number of carboxylic acid groups (broad SMARTS) is 1. The van der Waals surface area contributed by atoms with Crippen molar-refractivity contribution in [2.24, 2.45) is 0 Å². The summed E-state index contributed by atoms with van der Waals surface area (Å²) in [5.41, 5.74) is -0.937. The lowest BCUT2D eigenvalue weighted by Crippen LogP contribution is -2.51. The molecule has 0 bridgehead atoms. The maximum atomic E-state index is 11.5. The van der Waals surface area contributed by atoms with Gasteiger partial charge in [-0.05, 0) is 38.1 Å². The van der Waals surface area contributed by atoms with Gasteiger partial charge in [-0.2, -0.15) is 0 Å². The Morgan fingerprint density at radius 3 is 2.76 bits per heavy atom. The molecule has 1 aromatic carbocycles. The number of hydrogen-bond donors (Lipinski definition) is 2. The van der Waals surface area contributed by atoms with Gasteiger partial charge in [0, 0.05) is 10.6 Å². The van der Waals surface area contributed by atoms with Gasteiger partial charge < -0.3 is 19.9 Å². The number of ether oxygens (including phenoxy) is 2. The van der Waals surface area contributed by atoms with E-state index in [9.17, 15) is 9.90 Å². The quantitative estimate of drug-likeness (QED) is 0.754. The summed E-state index contributed by atoms with van der Waals surface area (Å²) < 4.78 is 11.0. The van der Waals surface area contributed by atoms with Crippen molar-refractivity contribution in [3.05, 3.63) is 18.2 Å². The largest absolute Gasteiger partial charge is 0.486 e. The molecule has 21 heavy (non-hydrogen) atoms. The van der Waals surface area contributed by atoms with Gasteiger partial charge in [-0.1, -0.05) is 6.92 Å². The Balaban J connectivity index is 2.02. The number of fused-ring (bicyclic) bond motifs is 1. The first-order chi connectivity index (χ1) is 10.0. The molecule has 0 radical (unpaired) electrons. The van der Waals surface area contributed by atoms with Crippen molar-refractivity contribution in [1.82, 2.24) is 5.32 Å². The minimum Gasteiger partial charge on any atom is -0.486 e. The van der Waals surface area contributed by atoms with Gasteiger partial charge in [-0.25, -0.2) is 0 Å². The Morgan fingerprint density at radius 1 is 1.38 bits per heavy atom. The first-order valence-corrected chi connectivity index (χ1v) is 8.04.